The minimum atomic E-state index is -1.45. The number of carbonyl (C=O) groups is 3. The van der Waals surface area contributed by atoms with Crippen LogP contribution in [0.25, 0.3) is 0 Å². The van der Waals surface area contributed by atoms with Crippen molar-refractivity contribution >= 4 is 17.9 Å². The molecule has 9 nitrogen and oxygen atoms in total. The summed E-state index contributed by atoms with van der Waals surface area (Å²) in [6, 6.07) is 0. The molecule has 1 N–H and O–H groups in total. The summed E-state index contributed by atoms with van der Waals surface area (Å²) in [5.41, 5.74) is 0. The summed E-state index contributed by atoms with van der Waals surface area (Å²) >= 11 is 0. The van der Waals surface area contributed by atoms with Gasteiger partial charge in [0.25, 0.3) is 0 Å². The number of carbonyl (C=O) groups excluding carboxylic acids is 3. The topological polar surface area (TPSA) is 147 Å². The first-order valence-electron chi connectivity index (χ1n) is 5.50. The number of hydrogen-bond donors (Lipinski definition) is 1. The van der Waals surface area contributed by atoms with Crippen molar-refractivity contribution in [3.05, 3.63) is 0 Å². The second-order valence-corrected chi connectivity index (χ2v) is 3.83. The first-order chi connectivity index (χ1) is 8.85. The van der Waals surface area contributed by atoms with Crippen LogP contribution >= 0.6 is 0 Å². The van der Waals surface area contributed by atoms with E-state index in [-0.39, 0.29) is 180 Å². The van der Waals surface area contributed by atoms with Gasteiger partial charge in [0.15, 0.2) is 0 Å². The SMILES string of the molecule is O=C([O-])CN(CCO)CCN(CC(=O)[O-])CC(=O)[O-].[K+].[K+].[K+]. The third kappa shape index (κ3) is 21.2. The number of aliphatic carboxylic acids is 3. The van der Waals surface area contributed by atoms with Crippen LogP contribution in [0.15, 0.2) is 0 Å². The monoisotopic (exact) mass is 392 g/mol. The van der Waals surface area contributed by atoms with Crippen LogP contribution in [0.1, 0.15) is 0 Å². The molecule has 0 unspecified atom stereocenters. The molecule has 0 aromatic rings. The Morgan fingerprint density at radius 2 is 1.00 bits per heavy atom. The van der Waals surface area contributed by atoms with Crippen molar-refractivity contribution in [3.63, 3.8) is 0 Å². The predicted molar refractivity (Wildman–Crippen MR) is 55.0 cm³/mol. The van der Waals surface area contributed by atoms with Crippen molar-refractivity contribution in [1.82, 2.24) is 9.80 Å². The molecule has 0 rings (SSSR count). The van der Waals surface area contributed by atoms with Gasteiger partial charge >= 0.3 is 154 Å². The number of rotatable bonds is 11. The van der Waals surface area contributed by atoms with Gasteiger partial charge in [0.2, 0.25) is 0 Å². The van der Waals surface area contributed by atoms with E-state index in [1.807, 2.05) is 0 Å². The van der Waals surface area contributed by atoms with Crippen LogP contribution in [-0.2, 0) is 14.4 Å². The molecule has 0 aromatic carbocycles. The molecule has 0 radical (unpaired) electrons. The van der Waals surface area contributed by atoms with Crippen molar-refractivity contribution in [2.24, 2.45) is 0 Å². The number of nitrogens with zero attached hydrogens (tertiary/aromatic N) is 2. The molecular weight excluding hydrogens is 377 g/mol. The van der Waals surface area contributed by atoms with E-state index >= 15 is 0 Å². The fourth-order valence-corrected chi connectivity index (χ4v) is 1.46. The molecule has 0 aromatic heterocycles. The molecule has 0 heterocycles. The molecule has 0 saturated heterocycles. The molecule has 22 heavy (non-hydrogen) atoms. The summed E-state index contributed by atoms with van der Waals surface area (Å²) in [4.78, 5) is 33.6. The van der Waals surface area contributed by atoms with E-state index in [0.29, 0.717) is 0 Å². The zero-order valence-corrected chi connectivity index (χ0v) is 22.6. The Labute approximate surface area is 256 Å². The molecule has 0 amide bonds. The van der Waals surface area contributed by atoms with Crippen LogP contribution in [0.2, 0.25) is 0 Å². The summed E-state index contributed by atoms with van der Waals surface area (Å²) < 4.78 is 0. The maximum Gasteiger partial charge on any atom is 1.00 e. The Hall–Kier alpha value is 3.20. The zero-order chi connectivity index (χ0) is 14.8. The van der Waals surface area contributed by atoms with Gasteiger partial charge in [0, 0.05) is 39.3 Å². The van der Waals surface area contributed by atoms with Crippen molar-refractivity contribution in [2.45, 2.75) is 0 Å². The molecule has 0 aliphatic carbocycles. The number of carboxylic acids is 3. The second-order valence-electron chi connectivity index (χ2n) is 3.83. The first kappa shape index (κ1) is 32.8. The van der Waals surface area contributed by atoms with Gasteiger partial charge in [-0.15, -0.1) is 0 Å². The van der Waals surface area contributed by atoms with Crippen LogP contribution in [-0.4, -0.2) is 78.7 Å². The average molecular weight is 393 g/mol. The van der Waals surface area contributed by atoms with Crippen molar-refractivity contribution in [3.8, 4) is 0 Å². The summed E-state index contributed by atoms with van der Waals surface area (Å²) in [5.74, 6) is -4.25. The van der Waals surface area contributed by atoms with Gasteiger partial charge in [-0.05, 0) is 0 Å². The third-order valence-electron chi connectivity index (χ3n) is 2.21. The molecule has 0 spiro atoms. The zero-order valence-electron chi connectivity index (χ0n) is 13.2. The van der Waals surface area contributed by atoms with E-state index < -0.39 is 37.5 Å². The maximum absolute atomic E-state index is 10.4. The van der Waals surface area contributed by atoms with E-state index in [0.717, 1.165) is 4.90 Å². The summed E-state index contributed by atoms with van der Waals surface area (Å²) in [7, 11) is 0. The standard InChI is InChI=1S/C10H18N2O7.3K/c13-4-3-11(5-8(14)15)1-2-12(6-9(16)17)7-10(18)19;;;/h13H,1-7H2,(H,14,15)(H,16,17)(H,18,19);;;/q;3*+1/p-3. The molecule has 0 atom stereocenters. The fraction of sp³-hybridized carbons (Fsp3) is 0.700. The number of hydrogen-bond acceptors (Lipinski definition) is 9. The Morgan fingerprint density at radius 1 is 0.682 bits per heavy atom. The van der Waals surface area contributed by atoms with E-state index in [2.05, 4.69) is 0 Å². The second kappa shape index (κ2) is 20.5. The predicted octanol–water partition coefficient (Wildman–Crippen LogP) is -15.2. The molecule has 0 aliphatic rings. The number of aliphatic hydroxyl groups excluding tert-OH is 1. The van der Waals surface area contributed by atoms with E-state index in [1.165, 1.54) is 4.90 Å². The third-order valence-corrected chi connectivity index (χ3v) is 2.21. The molecule has 0 aliphatic heterocycles. The first-order valence-corrected chi connectivity index (χ1v) is 5.50. The van der Waals surface area contributed by atoms with Gasteiger partial charge in [-0.2, -0.15) is 0 Å². The smallest absolute Gasteiger partial charge is 0.549 e. The molecular formula is C10H15K3N2O7. The summed E-state index contributed by atoms with van der Waals surface area (Å²) in [6.45, 7) is -1.83. The van der Waals surface area contributed by atoms with Gasteiger partial charge in [0.1, 0.15) is 0 Å². The fourth-order valence-electron chi connectivity index (χ4n) is 1.46. The van der Waals surface area contributed by atoms with Crippen molar-refractivity contribution < 1.29 is 189 Å². The van der Waals surface area contributed by atoms with Gasteiger partial charge in [0.05, 0.1) is 24.5 Å². The molecule has 0 fully saturated rings. The maximum atomic E-state index is 10.4. The Kier molecular flexibility index (Phi) is 30.6. The summed E-state index contributed by atoms with van der Waals surface area (Å²) in [6.07, 6.45) is 0. The van der Waals surface area contributed by atoms with E-state index in [1.54, 1.807) is 0 Å². The van der Waals surface area contributed by atoms with Gasteiger partial charge < -0.3 is 34.8 Å². The van der Waals surface area contributed by atoms with Gasteiger partial charge in [-0.3, -0.25) is 9.80 Å². The van der Waals surface area contributed by atoms with Crippen LogP contribution in [0.4, 0.5) is 0 Å². The minimum absolute atomic E-state index is 0. The molecule has 0 bridgehead atoms. The minimum Gasteiger partial charge on any atom is -0.549 e. The van der Waals surface area contributed by atoms with Crippen LogP contribution < -0.4 is 169 Å². The van der Waals surface area contributed by atoms with Gasteiger partial charge in [-0.25, -0.2) is 0 Å². The normalized spacial score (nSPS) is 9.41. The molecule has 110 valence electrons. The summed E-state index contributed by atoms with van der Waals surface area (Å²) in [5, 5.41) is 40.0. The van der Waals surface area contributed by atoms with E-state index in [4.69, 9.17) is 5.11 Å². The Morgan fingerprint density at radius 3 is 1.32 bits per heavy atom. The van der Waals surface area contributed by atoms with Crippen molar-refractivity contribution in [1.29, 1.82) is 0 Å². The van der Waals surface area contributed by atoms with Crippen molar-refractivity contribution in [2.75, 3.05) is 45.9 Å². The Bertz CT molecular complexity index is 318. The van der Waals surface area contributed by atoms with E-state index in [9.17, 15) is 29.7 Å². The Balaban J connectivity index is -0.000000540. The largest absolute Gasteiger partial charge is 1.00 e. The van der Waals surface area contributed by atoms with Crippen LogP contribution in [0.3, 0.4) is 0 Å². The average Bonchev–Trinajstić information content (AvgIpc) is 2.23. The van der Waals surface area contributed by atoms with Crippen LogP contribution in [0, 0.1) is 0 Å². The van der Waals surface area contributed by atoms with Gasteiger partial charge in [-0.1, -0.05) is 0 Å². The number of carboxylic acid groups (broad SMARTS) is 3. The van der Waals surface area contributed by atoms with Crippen LogP contribution in [0.5, 0.6) is 0 Å². The molecule has 0 saturated carbocycles. The number of aliphatic hydroxyl groups is 1. The molecule has 12 heteroatoms. The quantitative estimate of drug-likeness (QED) is 0.338.